The third kappa shape index (κ3) is 5.26. The average molecular weight is 311 g/mol. The summed E-state index contributed by atoms with van der Waals surface area (Å²) in [5.41, 5.74) is 0. The van der Waals surface area contributed by atoms with Gasteiger partial charge in [-0.1, -0.05) is 19.1 Å². The minimum atomic E-state index is -1.32. The Kier molecular flexibility index (Phi) is 7.24. The van der Waals surface area contributed by atoms with Gasteiger partial charge in [-0.15, -0.1) is 0 Å². The fraction of sp³-hybridized carbons (Fsp3) is 0.688. The summed E-state index contributed by atoms with van der Waals surface area (Å²) in [4.78, 5) is 34.9. The molecule has 0 aliphatic heterocycles. The normalized spacial score (nSPS) is 24.4. The van der Waals surface area contributed by atoms with Crippen LogP contribution in [0.4, 0.5) is 0 Å². The summed E-state index contributed by atoms with van der Waals surface area (Å²) in [6, 6.07) is -1.32. The van der Waals surface area contributed by atoms with Gasteiger partial charge in [0, 0.05) is 18.8 Å². The number of aliphatic hydroxyl groups excluding tert-OH is 1. The van der Waals surface area contributed by atoms with Crippen molar-refractivity contribution in [2.75, 3.05) is 0 Å². The molecule has 1 fully saturated rings. The Morgan fingerprint density at radius 3 is 2.64 bits per heavy atom. The van der Waals surface area contributed by atoms with E-state index in [-0.39, 0.29) is 24.0 Å². The predicted octanol–water partition coefficient (Wildman–Crippen LogP) is 1.28. The van der Waals surface area contributed by atoms with Gasteiger partial charge in [-0.25, -0.2) is 4.79 Å². The van der Waals surface area contributed by atoms with Gasteiger partial charge in [0.05, 0.1) is 6.10 Å². The quantitative estimate of drug-likeness (QED) is 0.586. The van der Waals surface area contributed by atoms with Crippen molar-refractivity contribution in [1.82, 2.24) is 5.32 Å². The molecule has 1 aliphatic carbocycles. The second-order valence-corrected chi connectivity index (χ2v) is 5.82. The van der Waals surface area contributed by atoms with Crippen molar-refractivity contribution in [1.29, 1.82) is 0 Å². The van der Waals surface area contributed by atoms with Crippen LogP contribution in [0.15, 0.2) is 12.2 Å². The van der Waals surface area contributed by atoms with Crippen LogP contribution in [0.3, 0.4) is 0 Å². The van der Waals surface area contributed by atoms with E-state index in [0.29, 0.717) is 19.3 Å². The molecule has 124 valence electrons. The zero-order chi connectivity index (χ0) is 16.7. The molecule has 22 heavy (non-hydrogen) atoms. The number of carbonyl (C=O) groups is 3. The van der Waals surface area contributed by atoms with Crippen LogP contribution >= 0.6 is 0 Å². The van der Waals surface area contributed by atoms with Crippen LogP contribution < -0.4 is 5.32 Å². The molecule has 0 aromatic heterocycles. The highest BCUT2D eigenvalue weighted by Gasteiger charge is 2.35. The van der Waals surface area contributed by atoms with E-state index in [2.05, 4.69) is 5.32 Å². The summed E-state index contributed by atoms with van der Waals surface area (Å²) in [6.07, 6.45) is 5.57. The molecular formula is C16H25NO5. The number of carboxylic acids is 1. The van der Waals surface area contributed by atoms with E-state index >= 15 is 0 Å². The number of nitrogens with one attached hydrogen (secondary N) is 1. The molecule has 0 bridgehead atoms. The minimum absolute atomic E-state index is 0.0579. The van der Waals surface area contributed by atoms with Crippen molar-refractivity contribution in [2.45, 2.75) is 58.1 Å². The highest BCUT2D eigenvalue weighted by atomic mass is 16.4. The second kappa shape index (κ2) is 8.68. The van der Waals surface area contributed by atoms with Crippen LogP contribution in [0.1, 0.15) is 46.0 Å². The van der Waals surface area contributed by atoms with Crippen molar-refractivity contribution in [3.63, 3.8) is 0 Å². The zero-order valence-electron chi connectivity index (χ0n) is 13.1. The van der Waals surface area contributed by atoms with Crippen molar-refractivity contribution in [3.8, 4) is 0 Å². The Morgan fingerprint density at radius 1 is 1.41 bits per heavy atom. The molecule has 0 saturated heterocycles. The van der Waals surface area contributed by atoms with Crippen molar-refractivity contribution >= 4 is 17.7 Å². The van der Waals surface area contributed by atoms with Gasteiger partial charge < -0.3 is 15.5 Å². The molecule has 1 rings (SSSR count). The van der Waals surface area contributed by atoms with E-state index in [4.69, 9.17) is 5.11 Å². The lowest BCUT2D eigenvalue weighted by atomic mass is 9.89. The molecule has 1 amide bonds. The monoisotopic (exact) mass is 311 g/mol. The molecule has 1 saturated carbocycles. The van der Waals surface area contributed by atoms with E-state index < -0.39 is 24.0 Å². The molecule has 1 aliphatic rings. The summed E-state index contributed by atoms with van der Waals surface area (Å²) in [5, 5.41) is 20.7. The Bertz CT molecular complexity index is 444. The van der Waals surface area contributed by atoms with Gasteiger partial charge in [0.15, 0.2) is 6.04 Å². The smallest absolute Gasteiger partial charge is 0.328 e. The Labute approximate surface area is 130 Å². The summed E-state index contributed by atoms with van der Waals surface area (Å²) < 4.78 is 0. The molecule has 0 spiro atoms. The van der Waals surface area contributed by atoms with Crippen LogP contribution in [-0.4, -0.2) is 40.0 Å². The fourth-order valence-corrected chi connectivity index (χ4v) is 2.81. The number of aliphatic carboxylic acids is 1. The first kappa shape index (κ1) is 18.4. The average Bonchev–Trinajstić information content (AvgIpc) is 2.77. The molecule has 6 heteroatoms. The van der Waals surface area contributed by atoms with Crippen molar-refractivity contribution in [3.05, 3.63) is 12.2 Å². The summed E-state index contributed by atoms with van der Waals surface area (Å²) in [7, 11) is 0. The van der Waals surface area contributed by atoms with Gasteiger partial charge in [0.25, 0.3) is 0 Å². The molecule has 3 N–H and O–H groups in total. The third-order valence-electron chi connectivity index (χ3n) is 4.05. The molecule has 0 heterocycles. The standard InChI is InChI=1S/C16H25NO5/c1-3-4-5-6-12-11(7-8-13(12)19)9-14(20)17-15(10(2)18)16(21)22/h4-5,10-12,15,18H,3,6-9H2,1-2H3,(H,17,20)(H,21,22)/b5-4+/t10-,11-,12-,15+/m1/s1. The Balaban J connectivity index is 2.60. The zero-order valence-corrected chi connectivity index (χ0v) is 13.1. The SMILES string of the molecule is CC/C=C/C[C@H]1C(=O)CC[C@@H]1CC(=O)N[C@H](C(=O)O)[C@@H](C)O. The first-order chi connectivity index (χ1) is 10.4. The number of amides is 1. The number of ketones is 1. The topological polar surface area (TPSA) is 104 Å². The van der Waals surface area contributed by atoms with Crippen molar-refractivity contribution < 1.29 is 24.6 Å². The predicted molar refractivity (Wildman–Crippen MR) is 81.1 cm³/mol. The first-order valence-corrected chi connectivity index (χ1v) is 7.74. The Morgan fingerprint density at radius 2 is 2.09 bits per heavy atom. The highest BCUT2D eigenvalue weighted by molar-refractivity contribution is 5.87. The maximum absolute atomic E-state index is 12.0. The van der Waals surface area contributed by atoms with Gasteiger partial charge in [-0.2, -0.15) is 0 Å². The first-order valence-electron chi connectivity index (χ1n) is 7.74. The summed E-state index contributed by atoms with van der Waals surface area (Å²) in [6.45, 7) is 3.33. The van der Waals surface area contributed by atoms with E-state index in [0.717, 1.165) is 6.42 Å². The van der Waals surface area contributed by atoms with Crippen LogP contribution in [-0.2, 0) is 14.4 Å². The number of hydrogen-bond donors (Lipinski definition) is 3. The number of carbonyl (C=O) groups excluding carboxylic acids is 2. The molecular weight excluding hydrogens is 286 g/mol. The van der Waals surface area contributed by atoms with Gasteiger partial charge in [-0.05, 0) is 32.1 Å². The molecule has 4 atom stereocenters. The number of carboxylic acid groups (broad SMARTS) is 1. The van der Waals surface area contributed by atoms with Crippen molar-refractivity contribution in [2.24, 2.45) is 11.8 Å². The highest BCUT2D eigenvalue weighted by Crippen LogP contribution is 2.34. The van der Waals surface area contributed by atoms with Crippen LogP contribution in [0, 0.1) is 11.8 Å². The molecule has 6 nitrogen and oxygen atoms in total. The molecule has 0 aromatic rings. The maximum Gasteiger partial charge on any atom is 0.328 e. The summed E-state index contributed by atoms with van der Waals surface area (Å²) in [5.74, 6) is -1.75. The second-order valence-electron chi connectivity index (χ2n) is 5.82. The molecule has 0 radical (unpaired) electrons. The number of aliphatic hydroxyl groups is 1. The molecule has 0 aromatic carbocycles. The number of rotatable bonds is 8. The van der Waals surface area contributed by atoms with E-state index in [9.17, 15) is 19.5 Å². The lowest BCUT2D eigenvalue weighted by Crippen LogP contribution is -2.48. The number of allylic oxidation sites excluding steroid dienone is 2. The van der Waals surface area contributed by atoms with Crippen LogP contribution in [0.2, 0.25) is 0 Å². The van der Waals surface area contributed by atoms with Gasteiger partial charge >= 0.3 is 5.97 Å². The van der Waals surface area contributed by atoms with E-state index in [1.165, 1.54) is 6.92 Å². The maximum atomic E-state index is 12.0. The fourth-order valence-electron chi connectivity index (χ4n) is 2.81. The van der Waals surface area contributed by atoms with Crippen LogP contribution in [0.25, 0.3) is 0 Å². The largest absolute Gasteiger partial charge is 0.480 e. The third-order valence-corrected chi connectivity index (χ3v) is 4.05. The minimum Gasteiger partial charge on any atom is -0.480 e. The van der Waals surface area contributed by atoms with E-state index in [1.807, 2.05) is 19.1 Å². The van der Waals surface area contributed by atoms with Gasteiger partial charge in [0.2, 0.25) is 5.91 Å². The number of Topliss-reactive ketones (excluding diaryl/α,β-unsaturated/α-hetero) is 1. The van der Waals surface area contributed by atoms with Crippen LogP contribution in [0.5, 0.6) is 0 Å². The lowest BCUT2D eigenvalue weighted by molar-refractivity contribution is -0.145. The number of hydrogen-bond acceptors (Lipinski definition) is 4. The lowest BCUT2D eigenvalue weighted by Gasteiger charge is -2.20. The van der Waals surface area contributed by atoms with Gasteiger partial charge in [0.1, 0.15) is 5.78 Å². The van der Waals surface area contributed by atoms with Gasteiger partial charge in [-0.3, -0.25) is 9.59 Å². The molecule has 0 unspecified atom stereocenters. The summed E-state index contributed by atoms with van der Waals surface area (Å²) >= 11 is 0. The Hall–Kier alpha value is -1.69. The van der Waals surface area contributed by atoms with E-state index in [1.54, 1.807) is 0 Å².